The van der Waals surface area contributed by atoms with Crippen LogP contribution in [0.1, 0.15) is 0 Å². The van der Waals surface area contributed by atoms with Gasteiger partial charge in [-0.15, -0.1) is 0 Å². The molecule has 0 atom stereocenters. The van der Waals surface area contributed by atoms with Gasteiger partial charge in [-0.1, -0.05) is 115 Å². The summed E-state index contributed by atoms with van der Waals surface area (Å²) in [4.78, 5) is 10.5. The summed E-state index contributed by atoms with van der Waals surface area (Å²) in [5.41, 5.74) is 8.85. The van der Waals surface area contributed by atoms with Gasteiger partial charge in [-0.2, -0.15) is 0 Å². The SMILES string of the molecule is c1ccc(-c2cccc(-c3nc(-c4cccc5c4oc4ccccc45)cc(-n4c5ccccc5c5ccccc54)n3)c2)cc1. The second-order valence-corrected chi connectivity index (χ2v) is 11.0. The molecule has 44 heavy (non-hydrogen) atoms. The van der Waals surface area contributed by atoms with E-state index < -0.39 is 0 Å². The fourth-order valence-electron chi connectivity index (χ4n) is 6.40. The van der Waals surface area contributed by atoms with E-state index in [9.17, 15) is 0 Å². The molecule has 0 aliphatic heterocycles. The van der Waals surface area contributed by atoms with Crippen molar-refractivity contribution in [2.24, 2.45) is 0 Å². The highest BCUT2D eigenvalue weighted by Crippen LogP contribution is 2.38. The van der Waals surface area contributed by atoms with Gasteiger partial charge < -0.3 is 4.42 Å². The predicted molar refractivity (Wildman–Crippen MR) is 180 cm³/mol. The van der Waals surface area contributed by atoms with Gasteiger partial charge in [0.15, 0.2) is 5.82 Å². The first-order valence-corrected chi connectivity index (χ1v) is 14.8. The maximum Gasteiger partial charge on any atom is 0.162 e. The molecule has 0 saturated heterocycles. The number of para-hydroxylation sites is 4. The monoisotopic (exact) mass is 563 g/mol. The summed E-state index contributed by atoms with van der Waals surface area (Å²) in [6.07, 6.45) is 0. The Hall–Kier alpha value is -6.00. The molecule has 0 N–H and O–H groups in total. The highest BCUT2D eigenvalue weighted by atomic mass is 16.3. The van der Waals surface area contributed by atoms with Crippen molar-refractivity contribution in [3.63, 3.8) is 0 Å². The van der Waals surface area contributed by atoms with Gasteiger partial charge in [0.25, 0.3) is 0 Å². The van der Waals surface area contributed by atoms with Crippen LogP contribution in [0.5, 0.6) is 0 Å². The minimum Gasteiger partial charge on any atom is -0.455 e. The lowest BCUT2D eigenvalue weighted by Gasteiger charge is -2.13. The van der Waals surface area contributed by atoms with E-state index >= 15 is 0 Å². The highest BCUT2D eigenvalue weighted by molar-refractivity contribution is 6.10. The number of benzene rings is 6. The molecule has 4 heteroatoms. The lowest BCUT2D eigenvalue weighted by Crippen LogP contribution is -2.02. The molecule has 0 radical (unpaired) electrons. The van der Waals surface area contributed by atoms with E-state index in [1.807, 2.05) is 24.3 Å². The Morgan fingerprint density at radius 2 is 1.07 bits per heavy atom. The van der Waals surface area contributed by atoms with Gasteiger partial charge in [-0.05, 0) is 41.5 Å². The van der Waals surface area contributed by atoms with Crippen molar-refractivity contribution in [1.29, 1.82) is 0 Å². The Morgan fingerprint density at radius 3 is 1.86 bits per heavy atom. The number of nitrogens with zero attached hydrogens (tertiary/aromatic N) is 3. The summed E-state index contributed by atoms with van der Waals surface area (Å²) in [7, 11) is 0. The Morgan fingerprint density at radius 1 is 0.455 bits per heavy atom. The quantitative estimate of drug-likeness (QED) is 0.214. The maximum absolute atomic E-state index is 6.46. The summed E-state index contributed by atoms with van der Waals surface area (Å²) in [6, 6.07) is 52.5. The van der Waals surface area contributed by atoms with Crippen LogP contribution in [0.25, 0.3) is 83.3 Å². The van der Waals surface area contributed by atoms with Crippen LogP contribution >= 0.6 is 0 Å². The van der Waals surface area contributed by atoms with Crippen LogP contribution < -0.4 is 0 Å². The Bertz CT molecular complexity index is 2450. The molecule has 0 spiro atoms. The molecule has 0 unspecified atom stereocenters. The van der Waals surface area contributed by atoms with Crippen molar-refractivity contribution in [3.05, 3.63) is 152 Å². The summed E-state index contributed by atoms with van der Waals surface area (Å²) in [6.45, 7) is 0. The first-order chi connectivity index (χ1) is 21.8. The minimum atomic E-state index is 0.658. The van der Waals surface area contributed by atoms with Gasteiger partial charge in [0.2, 0.25) is 0 Å². The molecule has 0 bridgehead atoms. The van der Waals surface area contributed by atoms with Gasteiger partial charge in [-0.3, -0.25) is 4.57 Å². The molecule has 9 aromatic rings. The Labute approximate surface area is 253 Å². The molecule has 0 saturated carbocycles. The third-order valence-corrected chi connectivity index (χ3v) is 8.43. The molecular weight excluding hydrogens is 538 g/mol. The van der Waals surface area contributed by atoms with Gasteiger partial charge >= 0.3 is 0 Å². The molecular formula is C40H25N3O. The van der Waals surface area contributed by atoms with E-state index in [1.54, 1.807) is 0 Å². The van der Waals surface area contributed by atoms with Crippen LogP contribution in [0.4, 0.5) is 0 Å². The fourth-order valence-corrected chi connectivity index (χ4v) is 6.40. The number of hydrogen-bond donors (Lipinski definition) is 0. The predicted octanol–water partition coefficient (Wildman–Crippen LogP) is 10.5. The van der Waals surface area contributed by atoms with Crippen LogP contribution in [-0.2, 0) is 0 Å². The third-order valence-electron chi connectivity index (χ3n) is 8.43. The Kier molecular flexibility index (Phi) is 5.47. The molecule has 0 amide bonds. The summed E-state index contributed by atoms with van der Waals surface area (Å²) >= 11 is 0. The molecule has 9 rings (SSSR count). The summed E-state index contributed by atoms with van der Waals surface area (Å²) < 4.78 is 8.71. The van der Waals surface area contributed by atoms with Gasteiger partial charge in [0, 0.05) is 38.7 Å². The lowest BCUT2D eigenvalue weighted by atomic mass is 10.0. The summed E-state index contributed by atoms with van der Waals surface area (Å²) in [5, 5.41) is 4.55. The zero-order valence-electron chi connectivity index (χ0n) is 23.7. The molecule has 4 nitrogen and oxygen atoms in total. The second kappa shape index (κ2) is 9.79. The normalized spacial score (nSPS) is 11.6. The van der Waals surface area contributed by atoms with E-state index in [1.165, 1.54) is 10.8 Å². The van der Waals surface area contributed by atoms with Gasteiger partial charge in [-0.25, -0.2) is 9.97 Å². The van der Waals surface area contributed by atoms with Crippen molar-refractivity contribution < 1.29 is 4.42 Å². The van der Waals surface area contributed by atoms with Gasteiger partial charge in [0.05, 0.1) is 16.7 Å². The molecule has 0 aliphatic carbocycles. The van der Waals surface area contributed by atoms with Crippen molar-refractivity contribution in [2.75, 3.05) is 0 Å². The van der Waals surface area contributed by atoms with E-state index in [2.05, 4.69) is 132 Å². The van der Waals surface area contributed by atoms with Gasteiger partial charge in [0.1, 0.15) is 17.0 Å². The fraction of sp³-hybridized carbons (Fsp3) is 0. The molecule has 0 fully saturated rings. The van der Waals surface area contributed by atoms with E-state index in [0.717, 1.165) is 66.7 Å². The number of hydrogen-bond acceptors (Lipinski definition) is 3. The topological polar surface area (TPSA) is 43.9 Å². The third kappa shape index (κ3) is 3.85. The van der Waals surface area contributed by atoms with E-state index in [-0.39, 0.29) is 0 Å². The van der Waals surface area contributed by atoms with Crippen LogP contribution in [0, 0.1) is 0 Å². The first-order valence-electron chi connectivity index (χ1n) is 14.8. The highest BCUT2D eigenvalue weighted by Gasteiger charge is 2.19. The second-order valence-electron chi connectivity index (χ2n) is 11.0. The van der Waals surface area contributed by atoms with E-state index in [4.69, 9.17) is 14.4 Å². The molecule has 0 aliphatic rings. The standard InChI is InChI=1S/C40H25N3O/c1-2-12-26(13-3-1)27-14-10-15-28(24-27)40-41-34(33-20-11-19-32-31-18-6-9-23-37(31)44-39(32)33)25-38(42-40)43-35-21-7-4-16-29(35)30-17-5-8-22-36(30)43/h1-25H. The number of furan rings is 1. The van der Waals surface area contributed by atoms with Crippen LogP contribution in [0.2, 0.25) is 0 Å². The average molecular weight is 564 g/mol. The van der Waals surface area contributed by atoms with Crippen LogP contribution in [0.3, 0.4) is 0 Å². The zero-order chi connectivity index (χ0) is 29.0. The number of fused-ring (bicyclic) bond motifs is 6. The van der Waals surface area contributed by atoms with Crippen molar-refractivity contribution >= 4 is 43.7 Å². The smallest absolute Gasteiger partial charge is 0.162 e. The molecule has 206 valence electrons. The Balaban J connectivity index is 1.34. The van der Waals surface area contributed by atoms with Crippen molar-refractivity contribution in [1.82, 2.24) is 14.5 Å². The molecule has 3 aromatic heterocycles. The van der Waals surface area contributed by atoms with Crippen LogP contribution in [-0.4, -0.2) is 14.5 Å². The van der Waals surface area contributed by atoms with E-state index in [0.29, 0.717) is 5.82 Å². The van der Waals surface area contributed by atoms with Crippen molar-refractivity contribution in [3.8, 4) is 39.6 Å². The number of rotatable bonds is 4. The minimum absolute atomic E-state index is 0.658. The maximum atomic E-state index is 6.46. The average Bonchev–Trinajstić information content (AvgIpc) is 3.65. The van der Waals surface area contributed by atoms with Crippen molar-refractivity contribution in [2.45, 2.75) is 0 Å². The molecule has 6 aromatic carbocycles. The zero-order valence-corrected chi connectivity index (χ0v) is 23.7. The number of aromatic nitrogens is 3. The lowest BCUT2D eigenvalue weighted by molar-refractivity contribution is 0.670. The van der Waals surface area contributed by atoms with Crippen LogP contribution in [0.15, 0.2) is 156 Å². The first kappa shape index (κ1) is 24.6. The molecule has 3 heterocycles. The summed E-state index contributed by atoms with van der Waals surface area (Å²) in [5.74, 6) is 1.46. The largest absolute Gasteiger partial charge is 0.455 e.